The first kappa shape index (κ1) is 30.0. The van der Waals surface area contributed by atoms with Crippen molar-refractivity contribution in [3.8, 4) is 28.0 Å². The normalized spacial score (nSPS) is 15.1. The first-order chi connectivity index (χ1) is 26.7. The van der Waals surface area contributed by atoms with E-state index in [0.29, 0.717) is 0 Å². The molecule has 1 aliphatic carbocycles. The van der Waals surface area contributed by atoms with Gasteiger partial charge in [0.05, 0.1) is 0 Å². The summed E-state index contributed by atoms with van der Waals surface area (Å²) in [5.41, 5.74) is 8.95. The summed E-state index contributed by atoms with van der Waals surface area (Å²) in [6.45, 7) is 0. The minimum Gasteiger partial charge on any atom is -0.460 e. The minimum atomic E-state index is 0.217. The van der Waals surface area contributed by atoms with E-state index in [9.17, 15) is 0 Å². The SMILES string of the molecule is C1=C(c2ccc(-c3c4ccccc4c(-c4ccc5ccccc5c4)c4ccccc34)cc2)CC2C(=C1)Oc1c2ccc2cc3sc4ccccc4c3cc12. The molecule has 0 saturated heterocycles. The highest BCUT2D eigenvalue weighted by Crippen LogP contribution is 2.52. The Bertz CT molecular complexity index is 3210. The second-order valence-corrected chi connectivity index (χ2v) is 15.8. The van der Waals surface area contributed by atoms with Crippen LogP contribution in [0.15, 0.2) is 182 Å². The minimum absolute atomic E-state index is 0.217. The molecule has 0 radical (unpaired) electrons. The van der Waals surface area contributed by atoms with Crippen LogP contribution >= 0.6 is 11.3 Å². The van der Waals surface area contributed by atoms with Crippen LogP contribution in [0.4, 0.5) is 0 Å². The average Bonchev–Trinajstić information content (AvgIpc) is 3.79. The Morgan fingerprint density at radius 1 is 0.426 bits per heavy atom. The molecule has 2 heterocycles. The molecule has 12 rings (SSSR count). The second kappa shape index (κ2) is 11.5. The number of ether oxygens (including phenoxy) is 1. The lowest BCUT2D eigenvalue weighted by Crippen LogP contribution is -2.04. The lowest BCUT2D eigenvalue weighted by Gasteiger charge is -2.20. The number of thiophene rings is 1. The van der Waals surface area contributed by atoms with E-state index in [0.717, 1.165) is 17.9 Å². The molecule has 1 aliphatic heterocycles. The molecule has 0 amide bonds. The maximum absolute atomic E-state index is 6.69. The summed E-state index contributed by atoms with van der Waals surface area (Å²) < 4.78 is 9.34. The summed E-state index contributed by atoms with van der Waals surface area (Å²) in [7, 11) is 0. The topological polar surface area (TPSA) is 9.23 Å². The zero-order valence-corrected chi connectivity index (χ0v) is 30.2. The molecule has 0 fully saturated rings. The van der Waals surface area contributed by atoms with E-state index in [2.05, 4.69) is 176 Å². The Morgan fingerprint density at radius 3 is 1.80 bits per heavy atom. The molecule has 0 saturated carbocycles. The van der Waals surface area contributed by atoms with Crippen molar-refractivity contribution in [2.75, 3.05) is 0 Å². The van der Waals surface area contributed by atoms with Gasteiger partial charge in [-0.3, -0.25) is 0 Å². The van der Waals surface area contributed by atoms with E-state index in [-0.39, 0.29) is 5.92 Å². The van der Waals surface area contributed by atoms with Crippen molar-refractivity contribution in [2.24, 2.45) is 0 Å². The van der Waals surface area contributed by atoms with Crippen molar-refractivity contribution >= 4 is 80.2 Å². The fourth-order valence-electron chi connectivity index (χ4n) is 9.25. The summed E-state index contributed by atoms with van der Waals surface area (Å²) in [5, 5.41) is 12.7. The number of hydrogen-bond donors (Lipinski definition) is 0. The number of allylic oxidation sites excluding steroid dienone is 4. The van der Waals surface area contributed by atoms with Crippen LogP contribution in [0.2, 0.25) is 0 Å². The molecule has 0 N–H and O–H groups in total. The van der Waals surface area contributed by atoms with Crippen LogP contribution in [-0.4, -0.2) is 0 Å². The Balaban J connectivity index is 0.921. The van der Waals surface area contributed by atoms with E-state index in [1.807, 2.05) is 11.3 Å². The third-order valence-electron chi connectivity index (χ3n) is 11.8. The van der Waals surface area contributed by atoms with Gasteiger partial charge in [-0.25, -0.2) is 0 Å². The van der Waals surface area contributed by atoms with E-state index in [1.54, 1.807) is 0 Å². The first-order valence-electron chi connectivity index (χ1n) is 18.8. The number of hydrogen-bond acceptors (Lipinski definition) is 2. The van der Waals surface area contributed by atoms with Crippen LogP contribution < -0.4 is 4.74 Å². The van der Waals surface area contributed by atoms with Gasteiger partial charge < -0.3 is 4.74 Å². The molecule has 0 spiro atoms. The largest absolute Gasteiger partial charge is 0.460 e. The lowest BCUT2D eigenvalue weighted by molar-refractivity contribution is 0.430. The van der Waals surface area contributed by atoms with Gasteiger partial charge in [0.15, 0.2) is 0 Å². The standard InChI is InChI=1S/C52H32OS/c1-2-10-34-27-37(22-19-31(34)9-1)51-41-14-5-3-12-39(41)50(40-13-4-6-15-42(40)51)33-20-17-32(18-21-33)35-24-26-47-45(28-35)43-25-23-36-29-49-46(30-44(36)52(43)53-47)38-11-7-8-16-48(38)54-49/h1-27,29-30,45H,28H2. The average molecular weight is 705 g/mol. The van der Waals surface area contributed by atoms with Crippen molar-refractivity contribution in [1.29, 1.82) is 0 Å². The number of rotatable bonds is 3. The van der Waals surface area contributed by atoms with Crippen molar-refractivity contribution in [3.05, 3.63) is 193 Å². The molecule has 1 nitrogen and oxygen atoms in total. The van der Waals surface area contributed by atoms with Crippen LogP contribution in [-0.2, 0) is 0 Å². The van der Waals surface area contributed by atoms with Gasteiger partial charge in [0.1, 0.15) is 11.5 Å². The summed E-state index contributed by atoms with van der Waals surface area (Å²) in [5.74, 6) is 2.30. The molecule has 1 unspecified atom stereocenters. The van der Waals surface area contributed by atoms with Gasteiger partial charge in [-0.15, -0.1) is 11.3 Å². The molecule has 252 valence electrons. The van der Waals surface area contributed by atoms with Gasteiger partial charge in [-0.05, 0) is 108 Å². The van der Waals surface area contributed by atoms with E-state index < -0.39 is 0 Å². The maximum atomic E-state index is 6.69. The summed E-state index contributed by atoms with van der Waals surface area (Å²) in [6, 6.07) is 60.6. The second-order valence-electron chi connectivity index (χ2n) is 14.8. The van der Waals surface area contributed by atoms with Gasteiger partial charge in [0.25, 0.3) is 0 Å². The molecule has 10 aromatic rings. The zero-order chi connectivity index (χ0) is 35.3. The summed E-state index contributed by atoms with van der Waals surface area (Å²) in [4.78, 5) is 0. The highest BCUT2D eigenvalue weighted by Gasteiger charge is 2.33. The van der Waals surface area contributed by atoms with E-state index in [4.69, 9.17) is 4.74 Å². The van der Waals surface area contributed by atoms with Gasteiger partial charge in [-0.2, -0.15) is 0 Å². The highest BCUT2D eigenvalue weighted by molar-refractivity contribution is 7.25. The maximum Gasteiger partial charge on any atom is 0.138 e. The Kier molecular flexibility index (Phi) is 6.40. The molecule has 1 atom stereocenters. The third-order valence-corrected chi connectivity index (χ3v) is 13.0. The monoisotopic (exact) mass is 704 g/mol. The molecular formula is C52H32OS. The van der Waals surface area contributed by atoms with Crippen LogP contribution in [0.25, 0.3) is 91.1 Å². The van der Waals surface area contributed by atoms with Gasteiger partial charge in [0, 0.05) is 37.0 Å². The Morgan fingerprint density at radius 2 is 1.04 bits per heavy atom. The van der Waals surface area contributed by atoms with Gasteiger partial charge in [0.2, 0.25) is 0 Å². The fraction of sp³-hybridized carbons (Fsp3) is 0.0385. The smallest absolute Gasteiger partial charge is 0.138 e. The number of fused-ring (bicyclic) bond motifs is 11. The molecule has 2 aliphatic rings. The molecule has 9 aromatic carbocycles. The predicted molar refractivity (Wildman–Crippen MR) is 231 cm³/mol. The quantitative estimate of drug-likeness (QED) is 0.166. The highest BCUT2D eigenvalue weighted by atomic mass is 32.1. The molecule has 54 heavy (non-hydrogen) atoms. The van der Waals surface area contributed by atoms with E-state index in [1.165, 1.54) is 102 Å². The Labute approximate surface area is 316 Å². The molecular weight excluding hydrogens is 673 g/mol. The molecule has 0 bridgehead atoms. The summed E-state index contributed by atoms with van der Waals surface area (Å²) >= 11 is 1.87. The summed E-state index contributed by atoms with van der Waals surface area (Å²) in [6.07, 6.45) is 5.39. The number of benzene rings is 9. The van der Waals surface area contributed by atoms with Crippen molar-refractivity contribution in [3.63, 3.8) is 0 Å². The van der Waals surface area contributed by atoms with Gasteiger partial charge >= 0.3 is 0 Å². The van der Waals surface area contributed by atoms with Crippen LogP contribution in [0.5, 0.6) is 5.75 Å². The Hall–Kier alpha value is -6.48. The molecule has 2 heteroatoms. The van der Waals surface area contributed by atoms with Crippen LogP contribution in [0.3, 0.4) is 0 Å². The van der Waals surface area contributed by atoms with Crippen molar-refractivity contribution < 1.29 is 4.74 Å². The fourth-order valence-corrected chi connectivity index (χ4v) is 10.4. The van der Waals surface area contributed by atoms with E-state index >= 15 is 0 Å². The predicted octanol–water partition coefficient (Wildman–Crippen LogP) is 14.8. The zero-order valence-electron chi connectivity index (χ0n) is 29.3. The third kappa shape index (κ3) is 4.44. The van der Waals surface area contributed by atoms with Crippen LogP contribution in [0.1, 0.15) is 23.5 Å². The first-order valence-corrected chi connectivity index (χ1v) is 19.6. The lowest BCUT2D eigenvalue weighted by atomic mass is 9.83. The van der Waals surface area contributed by atoms with Crippen molar-refractivity contribution in [1.82, 2.24) is 0 Å². The molecule has 1 aromatic heterocycles. The van der Waals surface area contributed by atoms with Crippen LogP contribution in [0, 0.1) is 0 Å². The van der Waals surface area contributed by atoms with Crippen molar-refractivity contribution in [2.45, 2.75) is 12.3 Å². The van der Waals surface area contributed by atoms with Gasteiger partial charge in [-0.1, -0.05) is 146 Å².